The zero-order valence-corrected chi connectivity index (χ0v) is 11.0. The molecule has 0 radical (unpaired) electrons. The molecule has 0 unspecified atom stereocenters. The summed E-state index contributed by atoms with van der Waals surface area (Å²) in [5, 5.41) is 6.10. The number of carbonyl (C=O) groups is 3. The molecule has 0 aromatic heterocycles. The van der Waals surface area contributed by atoms with E-state index in [9.17, 15) is 14.4 Å². The van der Waals surface area contributed by atoms with Gasteiger partial charge in [0.15, 0.2) is 5.71 Å². The van der Waals surface area contributed by atoms with Crippen LogP contribution in [0.5, 0.6) is 0 Å². The van der Waals surface area contributed by atoms with Gasteiger partial charge in [0, 0.05) is 11.9 Å². The Kier molecular flexibility index (Phi) is 3.55. The first kappa shape index (κ1) is 13.5. The zero-order valence-electron chi connectivity index (χ0n) is 9.49. The molecular formula is C11H6Cl2N2O4. The topological polar surface area (TPSA) is 84.8 Å². The van der Waals surface area contributed by atoms with E-state index in [1.165, 1.54) is 12.1 Å². The second kappa shape index (κ2) is 4.99. The summed E-state index contributed by atoms with van der Waals surface area (Å²) in [6.07, 6.45) is 0. The van der Waals surface area contributed by atoms with Crippen molar-refractivity contribution in [3.63, 3.8) is 0 Å². The molecule has 1 heterocycles. The molecule has 0 saturated heterocycles. The molecule has 0 saturated carbocycles. The molecule has 1 amide bonds. The van der Waals surface area contributed by atoms with Gasteiger partial charge in [-0.2, -0.15) is 0 Å². The van der Waals surface area contributed by atoms with Crippen molar-refractivity contribution in [3.8, 4) is 0 Å². The number of oxime groups is 1. The SMILES string of the molecule is CC(=O)ON=C1C(=O)C(=O)Nc2cc(Cl)cc(Cl)c21. The van der Waals surface area contributed by atoms with E-state index in [4.69, 9.17) is 23.2 Å². The van der Waals surface area contributed by atoms with E-state index >= 15 is 0 Å². The highest BCUT2D eigenvalue weighted by Crippen LogP contribution is 2.32. The Bertz CT molecular complexity index is 640. The van der Waals surface area contributed by atoms with Crippen molar-refractivity contribution in [1.29, 1.82) is 0 Å². The lowest BCUT2D eigenvalue weighted by Crippen LogP contribution is -2.36. The summed E-state index contributed by atoms with van der Waals surface area (Å²) in [6, 6.07) is 2.80. The second-order valence-corrected chi connectivity index (χ2v) is 4.46. The fraction of sp³-hybridized carbons (Fsp3) is 0.0909. The molecule has 0 atom stereocenters. The van der Waals surface area contributed by atoms with Crippen LogP contribution in [0.4, 0.5) is 5.69 Å². The molecule has 1 aromatic carbocycles. The molecular weight excluding hydrogens is 295 g/mol. The number of carbonyl (C=O) groups excluding carboxylic acids is 3. The highest BCUT2D eigenvalue weighted by atomic mass is 35.5. The largest absolute Gasteiger partial charge is 0.332 e. The minimum absolute atomic E-state index is 0.113. The third-order valence-electron chi connectivity index (χ3n) is 2.23. The lowest BCUT2D eigenvalue weighted by atomic mass is 10.00. The van der Waals surface area contributed by atoms with Crippen LogP contribution in [0.3, 0.4) is 0 Å². The summed E-state index contributed by atoms with van der Waals surface area (Å²) in [7, 11) is 0. The van der Waals surface area contributed by atoms with E-state index in [0.29, 0.717) is 0 Å². The Balaban J connectivity index is 2.62. The third-order valence-corrected chi connectivity index (χ3v) is 2.74. The number of nitrogens with zero attached hydrogens (tertiary/aromatic N) is 1. The maximum Gasteiger partial charge on any atom is 0.332 e. The summed E-state index contributed by atoms with van der Waals surface area (Å²) in [5.74, 6) is -2.58. The number of ketones is 1. The Morgan fingerprint density at radius 1 is 1.32 bits per heavy atom. The van der Waals surface area contributed by atoms with Crippen LogP contribution < -0.4 is 5.32 Å². The van der Waals surface area contributed by atoms with Gasteiger partial charge in [0.1, 0.15) is 0 Å². The van der Waals surface area contributed by atoms with E-state index in [1.807, 2.05) is 0 Å². The average molecular weight is 301 g/mol. The fourth-order valence-electron chi connectivity index (χ4n) is 1.51. The number of hydrogen-bond donors (Lipinski definition) is 1. The van der Waals surface area contributed by atoms with Crippen molar-refractivity contribution in [2.45, 2.75) is 6.92 Å². The van der Waals surface area contributed by atoms with Crippen molar-refractivity contribution in [2.75, 3.05) is 5.32 Å². The number of benzene rings is 1. The van der Waals surface area contributed by atoms with Gasteiger partial charge in [-0.05, 0) is 12.1 Å². The number of fused-ring (bicyclic) bond motifs is 1. The van der Waals surface area contributed by atoms with Gasteiger partial charge >= 0.3 is 5.97 Å². The number of halogens is 2. The van der Waals surface area contributed by atoms with Gasteiger partial charge in [-0.15, -0.1) is 0 Å². The van der Waals surface area contributed by atoms with Gasteiger partial charge in [-0.3, -0.25) is 9.59 Å². The predicted molar refractivity (Wildman–Crippen MR) is 68.4 cm³/mol. The van der Waals surface area contributed by atoms with Crippen LogP contribution in [0.2, 0.25) is 10.0 Å². The van der Waals surface area contributed by atoms with E-state index in [-0.39, 0.29) is 27.0 Å². The van der Waals surface area contributed by atoms with E-state index < -0.39 is 17.7 Å². The summed E-state index contributed by atoms with van der Waals surface area (Å²) < 4.78 is 0. The van der Waals surface area contributed by atoms with Crippen LogP contribution >= 0.6 is 23.2 Å². The molecule has 19 heavy (non-hydrogen) atoms. The highest BCUT2D eigenvalue weighted by molar-refractivity contribution is 6.73. The van der Waals surface area contributed by atoms with E-state index in [1.54, 1.807) is 0 Å². The van der Waals surface area contributed by atoms with Crippen LogP contribution in [0.1, 0.15) is 12.5 Å². The first-order chi connectivity index (χ1) is 8.90. The number of hydrogen-bond acceptors (Lipinski definition) is 5. The zero-order chi connectivity index (χ0) is 14.2. The van der Waals surface area contributed by atoms with Crippen LogP contribution in [0.15, 0.2) is 17.3 Å². The third kappa shape index (κ3) is 2.59. The first-order valence-electron chi connectivity index (χ1n) is 5.01. The minimum Gasteiger partial charge on any atom is -0.318 e. The molecule has 0 spiro atoms. The fourth-order valence-corrected chi connectivity index (χ4v) is 2.09. The number of rotatable bonds is 1. The van der Waals surface area contributed by atoms with Gasteiger partial charge in [0.2, 0.25) is 0 Å². The van der Waals surface area contributed by atoms with Crippen molar-refractivity contribution >= 4 is 52.3 Å². The number of Topliss-reactive ketones (excluding diaryl/α,β-unsaturated/α-hetero) is 1. The molecule has 0 bridgehead atoms. The quantitative estimate of drug-likeness (QED) is 0.487. The van der Waals surface area contributed by atoms with Crippen molar-refractivity contribution < 1.29 is 19.2 Å². The van der Waals surface area contributed by atoms with Crippen molar-refractivity contribution in [1.82, 2.24) is 0 Å². The predicted octanol–water partition coefficient (Wildman–Crippen LogP) is 1.78. The highest BCUT2D eigenvalue weighted by Gasteiger charge is 2.33. The maximum atomic E-state index is 11.7. The number of nitrogens with one attached hydrogen (secondary N) is 1. The van der Waals surface area contributed by atoms with Crippen LogP contribution in [-0.4, -0.2) is 23.4 Å². The molecule has 1 aliphatic heterocycles. The van der Waals surface area contributed by atoms with Gasteiger partial charge in [0.05, 0.1) is 16.3 Å². The van der Waals surface area contributed by atoms with Gasteiger partial charge in [0.25, 0.3) is 11.7 Å². The standard InChI is InChI=1S/C11H6Cl2N2O4/c1-4(16)19-15-9-8-6(13)2-5(12)3-7(8)14-11(18)10(9)17/h2-3H,1H3,(H,14,18). The normalized spacial score (nSPS) is 16.1. The second-order valence-electron chi connectivity index (χ2n) is 3.62. The molecule has 6 nitrogen and oxygen atoms in total. The van der Waals surface area contributed by atoms with E-state index in [0.717, 1.165) is 6.92 Å². The van der Waals surface area contributed by atoms with E-state index in [2.05, 4.69) is 15.3 Å². The van der Waals surface area contributed by atoms with Crippen LogP contribution in [0, 0.1) is 0 Å². The molecule has 8 heteroatoms. The Morgan fingerprint density at radius 2 is 2.00 bits per heavy atom. The van der Waals surface area contributed by atoms with Gasteiger partial charge in [-0.1, -0.05) is 28.4 Å². The van der Waals surface area contributed by atoms with Gasteiger partial charge < -0.3 is 10.2 Å². The Hall–Kier alpha value is -1.92. The Morgan fingerprint density at radius 3 is 2.63 bits per heavy atom. The molecule has 0 fully saturated rings. The lowest BCUT2D eigenvalue weighted by Gasteiger charge is -2.18. The van der Waals surface area contributed by atoms with Crippen LogP contribution in [0.25, 0.3) is 0 Å². The monoisotopic (exact) mass is 300 g/mol. The summed E-state index contributed by atoms with van der Waals surface area (Å²) >= 11 is 11.8. The molecule has 0 aliphatic carbocycles. The first-order valence-corrected chi connectivity index (χ1v) is 5.76. The minimum atomic E-state index is -0.946. The molecule has 1 N–H and O–H groups in total. The molecule has 1 aromatic rings. The lowest BCUT2D eigenvalue weighted by molar-refractivity contribution is -0.141. The summed E-state index contributed by atoms with van der Waals surface area (Å²) in [4.78, 5) is 38.3. The molecule has 2 rings (SSSR count). The smallest absolute Gasteiger partial charge is 0.318 e. The number of amides is 1. The number of anilines is 1. The maximum absolute atomic E-state index is 11.7. The van der Waals surface area contributed by atoms with Crippen molar-refractivity contribution in [3.05, 3.63) is 27.7 Å². The molecule has 98 valence electrons. The summed E-state index contributed by atoms with van der Waals surface area (Å²) in [6.45, 7) is 1.11. The van der Waals surface area contributed by atoms with Crippen molar-refractivity contribution in [2.24, 2.45) is 5.16 Å². The summed E-state index contributed by atoms with van der Waals surface area (Å²) in [5.41, 5.74) is 0.0561. The average Bonchev–Trinajstić information content (AvgIpc) is 2.29. The van der Waals surface area contributed by atoms with Crippen LogP contribution in [-0.2, 0) is 19.2 Å². The molecule has 1 aliphatic rings. The van der Waals surface area contributed by atoms with Gasteiger partial charge in [-0.25, -0.2) is 4.79 Å². The Labute approximate surface area is 117 Å².